The molecular formula is C12H12OY-2. The Hall–Kier alpha value is -0.236. The topological polar surface area (TPSA) is 20.2 Å². The molecule has 0 atom stereocenters. The summed E-state index contributed by atoms with van der Waals surface area (Å²) >= 11 is 0. The second kappa shape index (κ2) is 8.10. The molecule has 0 amide bonds. The van der Waals surface area contributed by atoms with Gasteiger partial charge in [-0.1, -0.05) is 6.07 Å². The van der Waals surface area contributed by atoms with E-state index in [2.05, 4.69) is 12.2 Å². The van der Waals surface area contributed by atoms with Gasteiger partial charge < -0.3 is 5.11 Å². The van der Waals surface area contributed by atoms with Gasteiger partial charge in [-0.2, -0.15) is 5.56 Å². The number of allylic oxidation sites excluding steroid dienone is 2. The molecule has 0 aliphatic rings. The van der Waals surface area contributed by atoms with Crippen LogP contribution in [0.15, 0.2) is 42.0 Å². The molecule has 14 heavy (non-hydrogen) atoms. The van der Waals surface area contributed by atoms with Crippen LogP contribution in [0.2, 0.25) is 0 Å². The first-order valence-corrected chi connectivity index (χ1v) is 4.16. The summed E-state index contributed by atoms with van der Waals surface area (Å²) in [5.41, 5.74) is 1.92. The van der Waals surface area contributed by atoms with Crippen LogP contribution in [-0.2, 0) is 32.7 Å². The van der Waals surface area contributed by atoms with E-state index in [1.54, 1.807) is 0 Å². The molecule has 0 fully saturated rings. The molecule has 0 spiro atoms. The quantitative estimate of drug-likeness (QED) is 0.652. The van der Waals surface area contributed by atoms with E-state index in [0.717, 1.165) is 11.1 Å². The summed E-state index contributed by atoms with van der Waals surface area (Å²) in [6, 6.07) is 9.84. The Morgan fingerprint density at radius 1 is 1.36 bits per heavy atom. The third-order valence-electron chi connectivity index (χ3n) is 1.59. The molecule has 0 saturated heterocycles. The van der Waals surface area contributed by atoms with Gasteiger partial charge in [-0.05, 0) is 6.61 Å². The van der Waals surface area contributed by atoms with Gasteiger partial charge in [-0.15, -0.1) is 31.2 Å². The van der Waals surface area contributed by atoms with E-state index in [0.29, 0.717) is 0 Å². The average Bonchev–Trinajstić information content (AvgIpc) is 2.17. The summed E-state index contributed by atoms with van der Waals surface area (Å²) in [5, 5.41) is 8.55. The van der Waals surface area contributed by atoms with Crippen LogP contribution < -0.4 is 0 Å². The van der Waals surface area contributed by atoms with E-state index in [4.69, 9.17) is 5.11 Å². The summed E-state index contributed by atoms with van der Waals surface area (Å²) in [6.07, 6.45) is 7.67. The molecule has 0 saturated carbocycles. The number of aliphatic hydroxyl groups excluding tert-OH is 1. The van der Waals surface area contributed by atoms with E-state index >= 15 is 0 Å². The Morgan fingerprint density at radius 3 is 2.57 bits per heavy atom. The Bertz CT molecular complexity index is 301. The summed E-state index contributed by atoms with van der Waals surface area (Å²) in [6.45, 7) is 1.84. The van der Waals surface area contributed by atoms with E-state index < -0.39 is 0 Å². The first-order chi connectivity index (χ1) is 6.33. The Morgan fingerprint density at radius 2 is 2.00 bits per heavy atom. The SMILES string of the molecule is CC(=[C-]CO)C=[C-]c1ccccc1.[Y]. The van der Waals surface area contributed by atoms with Crippen molar-refractivity contribution in [2.45, 2.75) is 6.92 Å². The molecule has 71 valence electrons. The molecule has 0 bridgehead atoms. The molecule has 0 aliphatic carbocycles. The van der Waals surface area contributed by atoms with Crippen LogP contribution in [0.25, 0.3) is 0 Å². The fourth-order valence-corrected chi connectivity index (χ4v) is 0.902. The van der Waals surface area contributed by atoms with Gasteiger partial charge >= 0.3 is 0 Å². The minimum atomic E-state index is -0.0429. The van der Waals surface area contributed by atoms with Crippen molar-refractivity contribution >= 4 is 0 Å². The smallest absolute Gasteiger partial charge is 0 e. The molecule has 2 heteroatoms. The van der Waals surface area contributed by atoms with Gasteiger partial charge in [0.2, 0.25) is 0 Å². The van der Waals surface area contributed by atoms with E-state index in [-0.39, 0.29) is 39.3 Å². The van der Waals surface area contributed by atoms with Crippen molar-refractivity contribution in [1.82, 2.24) is 0 Å². The maximum Gasteiger partial charge on any atom is 0 e. The van der Waals surface area contributed by atoms with Crippen molar-refractivity contribution in [1.29, 1.82) is 0 Å². The standard InChI is InChI=1S/C12H12O.Y/c1-11(9-10-13)7-8-12-5-3-2-4-6-12;/h2-7,13H,10H2,1H3;/q-2;. The average molecular weight is 261 g/mol. The number of aliphatic hydroxyl groups is 1. The first kappa shape index (κ1) is 13.8. The Balaban J connectivity index is 0.00000169. The number of hydrogen-bond donors (Lipinski definition) is 1. The molecule has 1 rings (SSSR count). The monoisotopic (exact) mass is 261 g/mol. The summed E-state index contributed by atoms with van der Waals surface area (Å²) in [5.74, 6) is 0. The van der Waals surface area contributed by atoms with Crippen molar-refractivity contribution in [3.8, 4) is 0 Å². The molecular weight excluding hydrogens is 249 g/mol. The van der Waals surface area contributed by atoms with Gasteiger partial charge in [0, 0.05) is 32.7 Å². The van der Waals surface area contributed by atoms with E-state index in [1.165, 1.54) is 0 Å². The zero-order valence-electron chi connectivity index (χ0n) is 8.20. The van der Waals surface area contributed by atoms with Crippen molar-refractivity contribution in [2.75, 3.05) is 6.61 Å². The minimum Gasteiger partial charge on any atom is -0.412 e. The molecule has 1 nitrogen and oxygen atoms in total. The van der Waals surface area contributed by atoms with Gasteiger partial charge in [0.25, 0.3) is 0 Å². The van der Waals surface area contributed by atoms with Crippen LogP contribution in [0.5, 0.6) is 0 Å². The second-order valence-electron chi connectivity index (χ2n) is 2.67. The molecule has 1 aromatic rings. The predicted octanol–water partition coefficient (Wildman–Crippen LogP) is 2.13. The third-order valence-corrected chi connectivity index (χ3v) is 1.59. The fourth-order valence-electron chi connectivity index (χ4n) is 0.902. The van der Waals surface area contributed by atoms with Crippen molar-refractivity contribution in [2.24, 2.45) is 0 Å². The molecule has 1 aromatic carbocycles. The number of hydrogen-bond acceptors (Lipinski definition) is 1. The van der Waals surface area contributed by atoms with Gasteiger partial charge in [-0.3, -0.25) is 17.7 Å². The molecule has 0 unspecified atom stereocenters. The van der Waals surface area contributed by atoms with Gasteiger partial charge in [0.15, 0.2) is 0 Å². The van der Waals surface area contributed by atoms with Crippen molar-refractivity contribution in [3.63, 3.8) is 0 Å². The Labute approximate surface area is 110 Å². The summed E-state index contributed by atoms with van der Waals surface area (Å²) < 4.78 is 0. The fraction of sp³-hybridized carbons (Fsp3) is 0.167. The van der Waals surface area contributed by atoms with Crippen molar-refractivity contribution in [3.05, 3.63) is 59.7 Å². The van der Waals surface area contributed by atoms with Gasteiger partial charge in [-0.25, -0.2) is 6.08 Å². The number of benzene rings is 1. The maximum absolute atomic E-state index is 8.55. The van der Waals surface area contributed by atoms with Crippen molar-refractivity contribution < 1.29 is 37.8 Å². The van der Waals surface area contributed by atoms with Gasteiger partial charge in [0.1, 0.15) is 0 Å². The van der Waals surface area contributed by atoms with Gasteiger partial charge in [0.05, 0.1) is 0 Å². The van der Waals surface area contributed by atoms with Crippen LogP contribution in [0.4, 0.5) is 0 Å². The predicted molar refractivity (Wildman–Crippen MR) is 52.9 cm³/mol. The molecule has 0 aliphatic heterocycles. The van der Waals surface area contributed by atoms with E-state index in [9.17, 15) is 0 Å². The summed E-state index contributed by atoms with van der Waals surface area (Å²) in [4.78, 5) is 0. The van der Waals surface area contributed by atoms with Crippen LogP contribution in [0, 0.1) is 12.2 Å². The maximum atomic E-state index is 8.55. The zero-order chi connectivity index (χ0) is 9.52. The normalized spacial score (nSPS) is 11.4. The van der Waals surface area contributed by atoms with Crippen LogP contribution in [-0.4, -0.2) is 11.7 Å². The number of rotatable bonds is 3. The second-order valence-corrected chi connectivity index (χ2v) is 2.67. The minimum absolute atomic E-state index is 0. The molecule has 1 radical (unpaired) electrons. The summed E-state index contributed by atoms with van der Waals surface area (Å²) in [7, 11) is 0. The molecule has 1 N–H and O–H groups in total. The van der Waals surface area contributed by atoms with E-state index in [1.807, 2.05) is 43.3 Å². The van der Waals surface area contributed by atoms with Crippen LogP contribution in [0.1, 0.15) is 12.5 Å². The van der Waals surface area contributed by atoms with Crippen LogP contribution in [0.3, 0.4) is 0 Å². The largest absolute Gasteiger partial charge is 0.412 e. The first-order valence-electron chi connectivity index (χ1n) is 4.16. The third kappa shape index (κ3) is 5.48. The molecule has 0 heterocycles. The Kier molecular flexibility index (Phi) is 7.97. The van der Waals surface area contributed by atoms with Crippen LogP contribution >= 0.6 is 0 Å². The zero-order valence-corrected chi connectivity index (χ0v) is 11.0. The molecule has 0 aromatic heterocycles.